The first-order valence-corrected chi connectivity index (χ1v) is 5.85. The third-order valence-corrected chi connectivity index (χ3v) is 4.27. The van der Waals surface area contributed by atoms with E-state index in [2.05, 4.69) is 15.4 Å². The quantitative estimate of drug-likeness (QED) is 0.692. The summed E-state index contributed by atoms with van der Waals surface area (Å²) in [5.41, 5.74) is 2.33. The molecule has 0 aromatic carbocycles. The molecule has 0 N–H and O–H groups in total. The van der Waals surface area contributed by atoms with Crippen LogP contribution < -0.4 is 0 Å². The largest absolute Gasteiger partial charge is 0.172 e. The molecule has 0 saturated carbocycles. The van der Waals surface area contributed by atoms with Crippen LogP contribution in [0.2, 0.25) is 5.15 Å². The third kappa shape index (κ3) is 1.14. The average Bonchev–Trinajstić information content (AvgIpc) is 2.59. The molecule has 0 bridgehead atoms. The Morgan fingerprint density at radius 3 is 2.93 bits per heavy atom. The monoisotopic (exact) mass is 225 g/mol. The van der Waals surface area contributed by atoms with Gasteiger partial charge in [0.25, 0.3) is 0 Å². The Balaban J connectivity index is 2.36. The van der Waals surface area contributed by atoms with Crippen molar-refractivity contribution in [3.8, 4) is 0 Å². The van der Waals surface area contributed by atoms with E-state index in [1.165, 1.54) is 23.3 Å². The molecule has 0 amide bonds. The van der Waals surface area contributed by atoms with E-state index in [-0.39, 0.29) is 0 Å². The maximum absolute atomic E-state index is 5.97. The molecule has 3 rings (SSSR count). The number of halogens is 1. The van der Waals surface area contributed by atoms with Gasteiger partial charge in [-0.1, -0.05) is 11.6 Å². The summed E-state index contributed by atoms with van der Waals surface area (Å²) >= 11 is 7.70. The van der Waals surface area contributed by atoms with Gasteiger partial charge in [0, 0.05) is 4.88 Å². The smallest absolute Gasteiger partial charge is 0.135 e. The molecule has 14 heavy (non-hydrogen) atoms. The minimum Gasteiger partial charge on any atom is -0.135 e. The Hall–Kier alpha value is -0.740. The van der Waals surface area contributed by atoms with E-state index in [1.54, 1.807) is 11.3 Å². The van der Waals surface area contributed by atoms with Gasteiger partial charge in [-0.3, -0.25) is 0 Å². The summed E-state index contributed by atoms with van der Waals surface area (Å²) in [6, 6.07) is 0. The maximum Gasteiger partial charge on any atom is 0.172 e. The number of hydrogen-bond acceptors (Lipinski definition) is 4. The molecule has 5 heteroatoms. The molecule has 0 unspecified atom stereocenters. The van der Waals surface area contributed by atoms with Crippen molar-refractivity contribution in [2.24, 2.45) is 0 Å². The lowest BCUT2D eigenvalue weighted by Gasteiger charge is -2.08. The number of rotatable bonds is 0. The van der Waals surface area contributed by atoms with Crippen LogP contribution in [0, 0.1) is 0 Å². The van der Waals surface area contributed by atoms with Crippen LogP contribution in [-0.4, -0.2) is 15.4 Å². The molecule has 0 aliphatic heterocycles. The van der Waals surface area contributed by atoms with Crippen molar-refractivity contribution in [3.05, 3.63) is 15.6 Å². The van der Waals surface area contributed by atoms with Gasteiger partial charge in [0.05, 0.1) is 4.70 Å². The molecule has 2 aromatic heterocycles. The van der Waals surface area contributed by atoms with E-state index in [9.17, 15) is 0 Å². The number of aromatic nitrogens is 3. The minimum atomic E-state index is 0.495. The van der Waals surface area contributed by atoms with Gasteiger partial charge in [-0.2, -0.15) is 0 Å². The molecular weight excluding hydrogens is 218 g/mol. The van der Waals surface area contributed by atoms with Crippen LogP contribution in [0.5, 0.6) is 0 Å². The Bertz CT molecular complexity index is 494. The Morgan fingerprint density at radius 1 is 1.14 bits per heavy atom. The van der Waals surface area contributed by atoms with Crippen LogP contribution in [0.4, 0.5) is 0 Å². The number of aryl methyl sites for hydroxylation is 2. The lowest BCUT2D eigenvalue weighted by Crippen LogP contribution is -1.99. The van der Waals surface area contributed by atoms with Gasteiger partial charge in [0.2, 0.25) is 0 Å². The lowest BCUT2D eigenvalue weighted by atomic mass is 9.99. The van der Waals surface area contributed by atoms with Gasteiger partial charge in [-0.15, -0.1) is 21.5 Å². The van der Waals surface area contributed by atoms with Crippen molar-refractivity contribution in [2.45, 2.75) is 25.7 Å². The van der Waals surface area contributed by atoms with Crippen LogP contribution in [0.15, 0.2) is 0 Å². The predicted molar refractivity (Wildman–Crippen MR) is 56.9 cm³/mol. The molecule has 1 aliphatic carbocycles. The van der Waals surface area contributed by atoms with Gasteiger partial charge in [-0.05, 0) is 36.5 Å². The van der Waals surface area contributed by atoms with E-state index < -0.39 is 0 Å². The zero-order valence-electron chi connectivity index (χ0n) is 7.46. The number of hydrogen-bond donors (Lipinski definition) is 0. The molecule has 0 radical (unpaired) electrons. The van der Waals surface area contributed by atoms with Gasteiger partial charge in [-0.25, -0.2) is 0 Å². The predicted octanol–water partition coefficient (Wildman–Crippen LogP) is 2.62. The molecule has 0 fully saturated rings. The van der Waals surface area contributed by atoms with E-state index in [0.29, 0.717) is 5.15 Å². The molecule has 72 valence electrons. The Labute approximate surface area is 90.1 Å². The fraction of sp³-hybridized carbons (Fsp3) is 0.444. The third-order valence-electron chi connectivity index (χ3n) is 2.61. The fourth-order valence-electron chi connectivity index (χ4n) is 1.95. The van der Waals surface area contributed by atoms with Gasteiger partial charge >= 0.3 is 0 Å². The summed E-state index contributed by atoms with van der Waals surface area (Å²) < 4.78 is 1.01. The second-order valence-corrected chi connectivity index (χ2v) is 4.93. The SMILES string of the molecule is Clc1nnnc2c3c(sc12)CCCC3. The first-order chi connectivity index (χ1) is 6.86. The second-order valence-electron chi connectivity index (χ2n) is 3.47. The minimum absolute atomic E-state index is 0.495. The summed E-state index contributed by atoms with van der Waals surface area (Å²) in [7, 11) is 0. The maximum atomic E-state index is 5.97. The van der Waals surface area contributed by atoms with Gasteiger partial charge < -0.3 is 0 Å². The molecule has 0 saturated heterocycles. The highest BCUT2D eigenvalue weighted by Gasteiger charge is 2.18. The molecule has 2 aromatic rings. The summed E-state index contributed by atoms with van der Waals surface area (Å²) in [4.78, 5) is 1.43. The van der Waals surface area contributed by atoms with Crippen molar-refractivity contribution < 1.29 is 0 Å². The number of fused-ring (bicyclic) bond motifs is 3. The molecule has 0 atom stereocenters. The lowest BCUT2D eigenvalue weighted by molar-refractivity contribution is 0.698. The van der Waals surface area contributed by atoms with Gasteiger partial charge in [0.1, 0.15) is 5.52 Å². The van der Waals surface area contributed by atoms with Crippen LogP contribution in [0.1, 0.15) is 23.3 Å². The fourth-order valence-corrected chi connectivity index (χ4v) is 3.39. The standard InChI is InChI=1S/C9H8ClN3S/c10-9-8-7(11-13-12-9)5-3-1-2-4-6(5)14-8/h1-4H2. The second kappa shape index (κ2) is 3.14. The molecular formula is C9H8ClN3S. The van der Waals surface area contributed by atoms with E-state index >= 15 is 0 Å². The van der Waals surface area contributed by atoms with Crippen molar-refractivity contribution in [2.75, 3.05) is 0 Å². The highest BCUT2D eigenvalue weighted by Crippen LogP contribution is 2.37. The van der Waals surface area contributed by atoms with Crippen LogP contribution in [0.25, 0.3) is 10.2 Å². The molecule has 0 spiro atoms. The van der Waals surface area contributed by atoms with E-state index in [1.807, 2.05) is 0 Å². The normalized spacial score (nSPS) is 15.8. The molecule has 1 aliphatic rings. The van der Waals surface area contributed by atoms with Crippen LogP contribution in [-0.2, 0) is 12.8 Å². The van der Waals surface area contributed by atoms with Crippen LogP contribution in [0.3, 0.4) is 0 Å². The summed E-state index contributed by atoms with van der Waals surface area (Å²) in [6.45, 7) is 0. The van der Waals surface area contributed by atoms with Crippen molar-refractivity contribution >= 4 is 33.2 Å². The number of nitrogens with zero attached hydrogens (tertiary/aromatic N) is 3. The van der Waals surface area contributed by atoms with E-state index in [0.717, 1.165) is 23.1 Å². The highest BCUT2D eigenvalue weighted by atomic mass is 35.5. The topological polar surface area (TPSA) is 38.7 Å². The average molecular weight is 226 g/mol. The van der Waals surface area contributed by atoms with Gasteiger partial charge in [0.15, 0.2) is 5.15 Å². The van der Waals surface area contributed by atoms with Crippen molar-refractivity contribution in [1.82, 2.24) is 15.4 Å². The summed E-state index contributed by atoms with van der Waals surface area (Å²) in [6.07, 6.45) is 4.80. The number of thiophene rings is 1. The zero-order chi connectivity index (χ0) is 9.54. The molecule has 3 nitrogen and oxygen atoms in total. The van der Waals surface area contributed by atoms with Crippen molar-refractivity contribution in [1.29, 1.82) is 0 Å². The highest BCUT2D eigenvalue weighted by molar-refractivity contribution is 7.19. The van der Waals surface area contributed by atoms with Crippen LogP contribution >= 0.6 is 22.9 Å². The van der Waals surface area contributed by atoms with E-state index in [4.69, 9.17) is 11.6 Å². The Morgan fingerprint density at radius 2 is 2.00 bits per heavy atom. The zero-order valence-corrected chi connectivity index (χ0v) is 9.03. The first kappa shape index (κ1) is 8.56. The first-order valence-electron chi connectivity index (χ1n) is 4.65. The van der Waals surface area contributed by atoms with Crippen molar-refractivity contribution in [3.63, 3.8) is 0 Å². The summed E-state index contributed by atoms with van der Waals surface area (Å²) in [5, 5.41) is 12.0. The summed E-state index contributed by atoms with van der Waals surface area (Å²) in [5.74, 6) is 0. The Kier molecular flexibility index (Phi) is 1.92. The molecule has 2 heterocycles.